The van der Waals surface area contributed by atoms with Gasteiger partial charge < -0.3 is 69.3 Å². The summed E-state index contributed by atoms with van der Waals surface area (Å²) >= 11 is 0. The molecule has 4 aliphatic rings. The summed E-state index contributed by atoms with van der Waals surface area (Å²) in [6.07, 6.45) is 3.84. The molecule has 4 aliphatic heterocycles. The average molecular weight is 752 g/mol. The molecule has 3 saturated heterocycles. The van der Waals surface area contributed by atoms with Gasteiger partial charge in [0.1, 0.15) is 6.04 Å². The molecule has 2 unspecified atom stereocenters. The Morgan fingerprint density at radius 3 is 2.11 bits per heavy atom. The highest BCUT2D eigenvalue weighted by Gasteiger charge is 2.33. The first-order chi connectivity index (χ1) is 25.7. The Kier molecular flexibility index (Phi) is 13.5. The molecule has 54 heavy (non-hydrogen) atoms. The van der Waals surface area contributed by atoms with E-state index in [0.717, 1.165) is 6.08 Å². The second-order valence-electron chi connectivity index (χ2n) is 14.3. The number of anilines is 2. The number of rotatable bonds is 8. The Morgan fingerprint density at radius 1 is 0.907 bits per heavy atom. The van der Waals surface area contributed by atoms with Gasteiger partial charge in [-0.15, -0.1) is 0 Å². The highest BCUT2D eigenvalue weighted by Crippen LogP contribution is 2.19. The van der Waals surface area contributed by atoms with Gasteiger partial charge in [0.05, 0.1) is 29.5 Å². The van der Waals surface area contributed by atoms with Gasteiger partial charge in [-0.3, -0.25) is 20.1 Å². The molecular weight excluding hydrogens is 698 g/mol. The van der Waals surface area contributed by atoms with Crippen molar-refractivity contribution < 1.29 is 24.3 Å². The molecular formula is C34H53N15O5. The van der Waals surface area contributed by atoms with Crippen molar-refractivity contribution in [2.75, 3.05) is 89.2 Å². The maximum Gasteiger partial charge on any atom is 0.330 e. The number of nitrogens with zero attached hydrogens (tertiary/aromatic N) is 3. The highest BCUT2D eigenvalue weighted by molar-refractivity contribution is 5.99. The number of carbonyl (C=O) groups excluding carboxylic acids is 3. The van der Waals surface area contributed by atoms with Gasteiger partial charge in [-0.25, -0.2) is 14.8 Å². The van der Waals surface area contributed by atoms with Crippen molar-refractivity contribution in [1.29, 1.82) is 0 Å². The van der Waals surface area contributed by atoms with Crippen LogP contribution < -0.4 is 65.1 Å². The number of hydrogen-bond acceptors (Lipinski definition) is 16. The molecule has 20 heteroatoms. The number of aliphatic carboxylic acids is 1. The third kappa shape index (κ3) is 11.6. The first kappa shape index (κ1) is 40.4. The lowest BCUT2D eigenvalue weighted by atomic mass is 9.98. The SMILES string of the molecule is CC1(N)NC(=O)c2nc(CNc3ccc(C(=O)NC(/C=C/C(=O)N4CCNCC5(N)CNCCNCC(N)(CNCCNC5)C4)C(=O)O)cc3)cnc2N1. The fourth-order valence-electron chi connectivity index (χ4n) is 6.23. The monoisotopic (exact) mass is 751 g/mol. The van der Waals surface area contributed by atoms with Gasteiger partial charge >= 0.3 is 5.97 Å². The number of hydrogen-bond donors (Lipinski definition) is 13. The van der Waals surface area contributed by atoms with E-state index in [1.54, 1.807) is 24.0 Å². The van der Waals surface area contributed by atoms with Crippen molar-refractivity contribution in [1.82, 2.24) is 52.1 Å². The van der Waals surface area contributed by atoms with Crippen LogP contribution in [0.2, 0.25) is 0 Å². The van der Waals surface area contributed by atoms with E-state index in [1.807, 2.05) is 0 Å². The van der Waals surface area contributed by atoms with Crippen LogP contribution in [0.15, 0.2) is 42.6 Å². The zero-order valence-electron chi connectivity index (χ0n) is 30.5. The predicted molar refractivity (Wildman–Crippen MR) is 202 cm³/mol. The van der Waals surface area contributed by atoms with Crippen LogP contribution in [0.3, 0.4) is 0 Å². The van der Waals surface area contributed by atoms with Crippen LogP contribution in [0.25, 0.3) is 0 Å². The number of aromatic nitrogens is 2. The maximum absolute atomic E-state index is 13.6. The van der Waals surface area contributed by atoms with E-state index >= 15 is 0 Å². The Morgan fingerprint density at radius 2 is 1.50 bits per heavy atom. The molecule has 0 radical (unpaired) electrons. The molecule has 3 amide bonds. The number of benzene rings is 1. The lowest BCUT2D eigenvalue weighted by Gasteiger charge is -2.37. The summed E-state index contributed by atoms with van der Waals surface area (Å²) in [6, 6.07) is 4.87. The summed E-state index contributed by atoms with van der Waals surface area (Å²) in [5.41, 5.74) is 19.6. The summed E-state index contributed by atoms with van der Waals surface area (Å²) in [4.78, 5) is 61.5. The molecule has 2 bridgehead atoms. The van der Waals surface area contributed by atoms with Gasteiger partial charge in [-0.1, -0.05) is 0 Å². The van der Waals surface area contributed by atoms with Crippen LogP contribution in [-0.2, 0) is 16.1 Å². The molecule has 6 rings (SSSR count). The molecule has 1 aromatic heterocycles. The molecule has 0 aliphatic carbocycles. The van der Waals surface area contributed by atoms with E-state index in [9.17, 15) is 24.3 Å². The van der Waals surface area contributed by atoms with E-state index in [-0.39, 0.29) is 30.2 Å². The zero-order valence-corrected chi connectivity index (χ0v) is 30.5. The number of nitrogens with one attached hydrogen (secondary N) is 9. The molecule has 2 atom stereocenters. The minimum Gasteiger partial charge on any atom is -0.479 e. The largest absolute Gasteiger partial charge is 0.479 e. The van der Waals surface area contributed by atoms with Crippen molar-refractivity contribution in [3.8, 4) is 0 Å². The number of carboxylic acid groups (broad SMARTS) is 1. The lowest BCUT2D eigenvalue weighted by Crippen LogP contribution is -2.65. The van der Waals surface area contributed by atoms with Gasteiger partial charge in [0.25, 0.3) is 11.8 Å². The third-order valence-corrected chi connectivity index (χ3v) is 9.11. The molecule has 3 fully saturated rings. The summed E-state index contributed by atoms with van der Waals surface area (Å²) < 4.78 is 0. The van der Waals surface area contributed by atoms with Crippen LogP contribution in [0.5, 0.6) is 0 Å². The van der Waals surface area contributed by atoms with Gasteiger partial charge in [0, 0.05) is 95.9 Å². The third-order valence-electron chi connectivity index (χ3n) is 9.11. The van der Waals surface area contributed by atoms with Crippen LogP contribution in [-0.4, -0.2) is 145 Å². The Balaban J connectivity index is 1.20. The van der Waals surface area contributed by atoms with Crippen LogP contribution in [0.4, 0.5) is 11.5 Å². The van der Waals surface area contributed by atoms with Gasteiger partial charge in [-0.05, 0) is 37.3 Å². The molecule has 0 spiro atoms. The second-order valence-corrected chi connectivity index (χ2v) is 14.3. The number of carbonyl (C=O) groups is 4. The van der Waals surface area contributed by atoms with Crippen molar-refractivity contribution in [3.63, 3.8) is 0 Å². The fraction of sp³-hybridized carbons (Fsp3) is 0.529. The van der Waals surface area contributed by atoms with Crippen LogP contribution in [0.1, 0.15) is 33.5 Å². The quantitative estimate of drug-likeness (QED) is 0.114. The van der Waals surface area contributed by atoms with Gasteiger partial charge in [-0.2, -0.15) is 0 Å². The summed E-state index contributed by atoms with van der Waals surface area (Å²) in [7, 11) is 0. The highest BCUT2D eigenvalue weighted by atomic mass is 16.4. The first-order valence-electron chi connectivity index (χ1n) is 17.9. The number of nitrogens with two attached hydrogens (primary N) is 3. The smallest absolute Gasteiger partial charge is 0.330 e. The predicted octanol–water partition coefficient (Wildman–Crippen LogP) is -4.19. The van der Waals surface area contributed by atoms with Gasteiger partial charge in [0.15, 0.2) is 17.3 Å². The first-order valence-corrected chi connectivity index (χ1v) is 17.9. The Labute approximate surface area is 313 Å². The standard InChI is InChI=1S/C34H53N15O5/c1-32(35)47-28-27(30(52)48-32)45-24(15-44-28)14-43-23-4-2-22(3-5-23)29(51)46-25(31(53)54)6-7-26(50)49-13-12-42-18-33(36)16-38-8-10-40-19-34(37,21-49)20-41-11-9-39-17-33/h2-7,15,25,38-43H,8-14,16-21,35-37H2,1H3,(H,44,47)(H,46,51)(H,48,52)(H,53,54)/b7-6+. The van der Waals surface area contributed by atoms with E-state index in [1.165, 1.54) is 24.4 Å². The molecule has 16 N–H and O–H groups in total. The van der Waals surface area contributed by atoms with Gasteiger partial charge in [0.2, 0.25) is 5.91 Å². The minimum absolute atomic E-state index is 0.122. The summed E-state index contributed by atoms with van der Waals surface area (Å²) in [5, 5.41) is 38.0. The van der Waals surface area contributed by atoms with Crippen molar-refractivity contribution in [3.05, 3.63) is 59.6 Å². The topological polar surface area (TPSA) is 304 Å². The summed E-state index contributed by atoms with van der Waals surface area (Å²) in [6.45, 7) is 7.98. The van der Waals surface area contributed by atoms with E-state index < -0.39 is 46.6 Å². The van der Waals surface area contributed by atoms with E-state index in [2.05, 4.69) is 57.8 Å². The number of amides is 3. The van der Waals surface area contributed by atoms with Crippen molar-refractivity contribution in [2.45, 2.75) is 36.4 Å². The molecule has 294 valence electrons. The molecule has 20 nitrogen and oxygen atoms in total. The molecule has 5 heterocycles. The normalized spacial score (nSPS) is 26.4. The Bertz CT molecular complexity index is 1660. The molecule has 0 saturated carbocycles. The fourth-order valence-corrected chi connectivity index (χ4v) is 6.23. The maximum atomic E-state index is 13.6. The lowest BCUT2D eigenvalue weighted by molar-refractivity contribution is -0.137. The molecule has 2 aromatic rings. The average Bonchev–Trinajstić information content (AvgIpc) is 3.12. The van der Waals surface area contributed by atoms with Crippen molar-refractivity contribution in [2.24, 2.45) is 17.2 Å². The van der Waals surface area contributed by atoms with Crippen LogP contribution >= 0.6 is 0 Å². The minimum atomic E-state index is -1.48. The summed E-state index contributed by atoms with van der Waals surface area (Å²) in [5.74, 6) is -3.73. The van der Waals surface area contributed by atoms with Crippen molar-refractivity contribution >= 4 is 35.2 Å². The molecule has 1 aromatic carbocycles. The van der Waals surface area contributed by atoms with Crippen LogP contribution in [0, 0.1) is 0 Å². The Hall–Kier alpha value is -4.80. The zero-order chi connectivity index (χ0) is 38.8. The number of fused-ring (bicyclic) bond motifs is 16. The number of carboxylic acids is 1. The second kappa shape index (κ2) is 18.0. The van der Waals surface area contributed by atoms with E-state index in [4.69, 9.17) is 17.2 Å². The van der Waals surface area contributed by atoms with E-state index in [0.29, 0.717) is 83.4 Å².